The lowest BCUT2D eigenvalue weighted by molar-refractivity contribution is 0.0725. The number of aryl methyl sites for hydroxylation is 1. The number of imidazole rings is 1. The van der Waals surface area contributed by atoms with Gasteiger partial charge in [0.2, 0.25) is 0 Å². The molecule has 3 N–H and O–H groups in total. The highest BCUT2D eigenvalue weighted by atomic mass is 19.1. The van der Waals surface area contributed by atoms with Crippen LogP contribution in [0.4, 0.5) is 10.2 Å². The second-order valence-corrected chi connectivity index (χ2v) is 11.7. The molecular formula is C32H34FN9O2. The minimum atomic E-state index is -0.652. The predicted molar refractivity (Wildman–Crippen MR) is 165 cm³/mol. The highest BCUT2D eigenvalue weighted by Gasteiger charge is 2.28. The SMILES string of the molecule is CCc1cc(O)c(F)cc1-c1ccc2c(-c3nc4c([nH]3)CCN(C(=O)c3cnc(N5CC[C@H](N(C)C)C5)cn3)C4)n[nH]c2c1. The average molecular weight is 596 g/mol. The Morgan fingerprint density at radius 1 is 1.16 bits per heavy atom. The fourth-order valence-electron chi connectivity index (χ4n) is 6.24. The summed E-state index contributed by atoms with van der Waals surface area (Å²) in [4.78, 5) is 36.8. The lowest BCUT2D eigenvalue weighted by Crippen LogP contribution is -2.36. The number of aromatic amines is 2. The molecule has 12 heteroatoms. The van der Waals surface area contributed by atoms with E-state index in [0.717, 1.165) is 64.3 Å². The third-order valence-corrected chi connectivity index (χ3v) is 8.85. The van der Waals surface area contributed by atoms with Gasteiger partial charge in [0.15, 0.2) is 17.4 Å². The Morgan fingerprint density at radius 3 is 2.77 bits per heavy atom. The van der Waals surface area contributed by atoms with Crippen molar-refractivity contribution in [3.63, 3.8) is 0 Å². The first-order valence-corrected chi connectivity index (χ1v) is 14.9. The van der Waals surface area contributed by atoms with E-state index in [1.54, 1.807) is 17.3 Å². The van der Waals surface area contributed by atoms with Crippen LogP contribution >= 0.6 is 0 Å². The van der Waals surface area contributed by atoms with Gasteiger partial charge in [-0.05, 0) is 67.9 Å². The summed E-state index contributed by atoms with van der Waals surface area (Å²) in [5, 5.41) is 18.3. The standard InChI is InChI=1S/C32H34FN9O2/c1-4-18-12-28(43)23(33)13-22(18)19-5-6-21-25(11-19)38-39-30(21)31-36-24-8-10-42(17-27(24)37-31)32(44)26-14-35-29(15-34-26)41-9-7-20(16-41)40(2)3/h5-6,11-15,20,43H,4,7-10,16-17H2,1-3H3,(H,36,37)(H,38,39)/t20-/m0/s1. The Hall–Kier alpha value is -4.84. The number of phenolic OH excluding ortho intramolecular Hbond substituents is 1. The van der Waals surface area contributed by atoms with Gasteiger partial charge < -0.3 is 24.8 Å². The number of H-pyrrole nitrogens is 2. The number of anilines is 1. The Labute approximate surface area is 253 Å². The topological polar surface area (TPSA) is 130 Å². The van der Waals surface area contributed by atoms with Crippen molar-refractivity contribution in [1.29, 1.82) is 0 Å². The number of carbonyl (C=O) groups is 1. The van der Waals surface area contributed by atoms with Gasteiger partial charge in [-0.15, -0.1) is 0 Å². The number of amides is 1. The van der Waals surface area contributed by atoms with Crippen molar-refractivity contribution in [1.82, 2.24) is 39.9 Å². The van der Waals surface area contributed by atoms with E-state index >= 15 is 0 Å². The summed E-state index contributed by atoms with van der Waals surface area (Å²) in [6, 6.07) is 9.13. The molecule has 5 heterocycles. The fraction of sp³-hybridized carbons (Fsp3) is 0.344. The van der Waals surface area contributed by atoms with Gasteiger partial charge in [-0.2, -0.15) is 5.10 Å². The highest BCUT2D eigenvalue weighted by Crippen LogP contribution is 2.34. The average Bonchev–Trinajstić information content (AvgIpc) is 3.79. The van der Waals surface area contributed by atoms with Gasteiger partial charge in [-0.1, -0.05) is 13.0 Å². The molecule has 1 atom stereocenters. The van der Waals surface area contributed by atoms with Gasteiger partial charge in [0.05, 0.1) is 30.1 Å². The number of phenols is 1. The molecular weight excluding hydrogens is 561 g/mol. The number of nitrogens with zero attached hydrogens (tertiary/aromatic N) is 7. The Balaban J connectivity index is 1.08. The molecule has 0 unspecified atom stereocenters. The normalized spacial score (nSPS) is 16.7. The number of carbonyl (C=O) groups excluding carboxylic acids is 1. The molecule has 0 bridgehead atoms. The second-order valence-electron chi connectivity index (χ2n) is 11.7. The number of rotatable bonds is 6. The minimum absolute atomic E-state index is 0.165. The van der Waals surface area contributed by atoms with E-state index in [9.17, 15) is 14.3 Å². The van der Waals surface area contributed by atoms with E-state index in [2.05, 4.69) is 49.0 Å². The number of fused-ring (bicyclic) bond motifs is 2. The number of aromatic hydroxyl groups is 1. The molecule has 0 saturated carbocycles. The van der Waals surface area contributed by atoms with Crippen LogP contribution in [0.3, 0.4) is 0 Å². The zero-order valence-corrected chi connectivity index (χ0v) is 24.9. The summed E-state index contributed by atoms with van der Waals surface area (Å²) >= 11 is 0. The van der Waals surface area contributed by atoms with Crippen molar-refractivity contribution in [3.8, 4) is 28.4 Å². The summed E-state index contributed by atoms with van der Waals surface area (Å²) in [5.41, 5.74) is 5.97. The van der Waals surface area contributed by atoms with Crippen molar-refractivity contribution in [2.75, 3.05) is 38.6 Å². The van der Waals surface area contributed by atoms with Gasteiger partial charge in [0.1, 0.15) is 17.2 Å². The van der Waals surface area contributed by atoms with E-state index < -0.39 is 5.82 Å². The van der Waals surface area contributed by atoms with Crippen LogP contribution in [0.25, 0.3) is 33.5 Å². The molecule has 0 radical (unpaired) electrons. The van der Waals surface area contributed by atoms with Gasteiger partial charge in [-0.25, -0.2) is 19.3 Å². The molecule has 44 heavy (non-hydrogen) atoms. The van der Waals surface area contributed by atoms with Crippen LogP contribution in [0.2, 0.25) is 0 Å². The quantitative estimate of drug-likeness (QED) is 0.267. The van der Waals surface area contributed by atoms with E-state index in [0.29, 0.717) is 49.2 Å². The number of nitrogens with one attached hydrogen (secondary N) is 2. The molecule has 1 saturated heterocycles. The molecule has 5 aromatic rings. The molecule has 0 aliphatic carbocycles. The Morgan fingerprint density at radius 2 is 2.02 bits per heavy atom. The molecule has 1 fully saturated rings. The third kappa shape index (κ3) is 4.94. The van der Waals surface area contributed by atoms with Crippen LogP contribution in [-0.2, 0) is 19.4 Å². The molecule has 2 aliphatic heterocycles. The number of benzene rings is 2. The zero-order chi connectivity index (χ0) is 30.5. The van der Waals surface area contributed by atoms with Crippen LogP contribution in [-0.4, -0.2) is 90.7 Å². The van der Waals surface area contributed by atoms with Gasteiger partial charge in [0, 0.05) is 43.2 Å². The van der Waals surface area contributed by atoms with Crippen LogP contribution in [0.1, 0.15) is 40.8 Å². The van der Waals surface area contributed by atoms with E-state index in [1.165, 1.54) is 12.1 Å². The largest absolute Gasteiger partial charge is 0.505 e. The number of halogens is 1. The Kier molecular flexibility index (Phi) is 7.00. The molecule has 226 valence electrons. The molecule has 1 amide bonds. The van der Waals surface area contributed by atoms with Gasteiger partial charge in [0.25, 0.3) is 5.91 Å². The summed E-state index contributed by atoms with van der Waals surface area (Å²) in [7, 11) is 4.18. The number of hydrogen-bond donors (Lipinski definition) is 3. The summed E-state index contributed by atoms with van der Waals surface area (Å²) < 4.78 is 14.2. The van der Waals surface area contributed by atoms with Crippen LogP contribution < -0.4 is 4.90 Å². The van der Waals surface area contributed by atoms with Crippen molar-refractivity contribution in [2.24, 2.45) is 0 Å². The maximum Gasteiger partial charge on any atom is 0.274 e. The van der Waals surface area contributed by atoms with Crippen molar-refractivity contribution in [2.45, 2.75) is 38.8 Å². The lowest BCUT2D eigenvalue weighted by Gasteiger charge is -2.26. The maximum absolute atomic E-state index is 14.2. The van der Waals surface area contributed by atoms with E-state index in [-0.39, 0.29) is 11.7 Å². The van der Waals surface area contributed by atoms with Crippen LogP contribution in [0.5, 0.6) is 5.75 Å². The molecule has 2 aromatic carbocycles. The first kappa shape index (κ1) is 28.0. The predicted octanol–water partition coefficient (Wildman–Crippen LogP) is 4.16. The fourth-order valence-corrected chi connectivity index (χ4v) is 6.24. The summed E-state index contributed by atoms with van der Waals surface area (Å²) in [6.45, 7) is 4.70. The van der Waals surface area contributed by atoms with E-state index in [4.69, 9.17) is 4.98 Å². The highest BCUT2D eigenvalue weighted by molar-refractivity contribution is 5.94. The number of likely N-dealkylation sites (N-methyl/N-ethyl adjacent to an activating group) is 1. The molecule has 3 aromatic heterocycles. The molecule has 7 rings (SSSR count). The van der Waals surface area contributed by atoms with E-state index in [1.807, 2.05) is 25.1 Å². The maximum atomic E-state index is 14.2. The smallest absolute Gasteiger partial charge is 0.274 e. The first-order valence-electron chi connectivity index (χ1n) is 14.9. The lowest BCUT2D eigenvalue weighted by atomic mass is 9.96. The minimum Gasteiger partial charge on any atom is -0.505 e. The number of aromatic nitrogens is 6. The zero-order valence-electron chi connectivity index (χ0n) is 24.9. The van der Waals surface area contributed by atoms with Crippen molar-refractivity contribution < 1.29 is 14.3 Å². The first-order chi connectivity index (χ1) is 21.3. The van der Waals surface area contributed by atoms with Gasteiger partial charge in [-0.3, -0.25) is 9.89 Å². The third-order valence-electron chi connectivity index (χ3n) is 8.85. The van der Waals surface area contributed by atoms with Crippen LogP contribution in [0.15, 0.2) is 42.7 Å². The summed E-state index contributed by atoms with van der Waals surface area (Å²) in [6.07, 6.45) is 5.64. The second kappa shape index (κ2) is 11.0. The Bertz CT molecular complexity index is 1860. The number of hydrogen-bond acceptors (Lipinski definition) is 8. The summed E-state index contributed by atoms with van der Waals surface area (Å²) in [5.74, 6) is 0.254. The molecule has 0 spiro atoms. The van der Waals surface area contributed by atoms with Crippen molar-refractivity contribution >= 4 is 22.6 Å². The van der Waals surface area contributed by atoms with Gasteiger partial charge >= 0.3 is 0 Å². The molecule has 2 aliphatic rings. The molecule has 11 nitrogen and oxygen atoms in total. The van der Waals surface area contributed by atoms with Crippen molar-refractivity contribution in [3.05, 3.63) is 71.2 Å². The van der Waals surface area contributed by atoms with Crippen LogP contribution in [0, 0.1) is 5.82 Å². The monoisotopic (exact) mass is 595 g/mol.